The topological polar surface area (TPSA) is 75.6 Å². The van der Waals surface area contributed by atoms with Gasteiger partial charge in [-0.3, -0.25) is 4.79 Å². The molecule has 1 aliphatic rings. The third kappa shape index (κ3) is 0.968. The van der Waals surface area contributed by atoms with E-state index in [1.54, 1.807) is 0 Å². The van der Waals surface area contributed by atoms with E-state index in [2.05, 4.69) is 5.10 Å². The third-order valence-corrected chi connectivity index (χ3v) is 1.40. The first-order valence-corrected chi connectivity index (χ1v) is 3.09. The second kappa shape index (κ2) is 1.98. The van der Waals surface area contributed by atoms with Crippen LogP contribution in [-0.4, -0.2) is 25.4 Å². The van der Waals surface area contributed by atoms with Gasteiger partial charge in [-0.2, -0.15) is 13.5 Å². The maximum absolute atomic E-state index is 10.3. The molecule has 0 saturated heterocycles. The summed E-state index contributed by atoms with van der Waals surface area (Å²) in [6.07, 6.45) is 0.964. The zero-order chi connectivity index (χ0) is 6.85. The summed E-state index contributed by atoms with van der Waals surface area (Å²) in [5, 5.41) is 3.21. The molecule has 5 nitrogen and oxygen atoms in total. The van der Waals surface area contributed by atoms with E-state index in [9.17, 15) is 13.2 Å². The fraction of sp³-hybridized carbons (Fsp3) is 0. The summed E-state index contributed by atoms with van der Waals surface area (Å²) in [6.45, 7) is 0. The quantitative estimate of drug-likeness (QED) is 0.408. The smallest absolute Gasteiger partial charge is 0.266 e. The van der Waals surface area contributed by atoms with E-state index >= 15 is 0 Å². The van der Waals surface area contributed by atoms with Gasteiger partial charge in [0, 0.05) is 0 Å². The van der Waals surface area contributed by atoms with E-state index in [0.717, 1.165) is 6.21 Å². The molecule has 0 aromatic carbocycles. The van der Waals surface area contributed by atoms with Crippen molar-refractivity contribution in [1.29, 1.82) is 0 Å². The van der Waals surface area contributed by atoms with E-state index in [1.807, 2.05) is 5.43 Å². The average molecular weight is 146 g/mol. The molecule has 0 radical (unpaired) electrons. The molecule has 1 N–H and O–H groups in total. The Hall–Kier alpha value is -1.17. The highest BCUT2D eigenvalue weighted by Gasteiger charge is 2.14. The molecule has 0 aromatic heterocycles. The predicted molar refractivity (Wildman–Crippen MR) is 30.6 cm³/mol. The van der Waals surface area contributed by atoms with Gasteiger partial charge < -0.3 is 0 Å². The Bertz CT molecular complexity index is 291. The highest BCUT2D eigenvalue weighted by Crippen LogP contribution is 1.78. The third-order valence-electron chi connectivity index (χ3n) is 0.751. The van der Waals surface area contributed by atoms with Gasteiger partial charge in [-0.05, 0) is 0 Å². The van der Waals surface area contributed by atoms with Crippen molar-refractivity contribution in [3.05, 3.63) is 0 Å². The number of hydrogen-bond acceptors (Lipinski definition) is 4. The largest absolute Gasteiger partial charge is 0.288 e. The molecule has 0 unspecified atom stereocenters. The summed E-state index contributed by atoms with van der Waals surface area (Å²) >= 11 is 0. The number of nitrogens with one attached hydrogen (secondary N) is 1. The Labute approximate surface area is 51.9 Å². The lowest BCUT2D eigenvalue weighted by Crippen LogP contribution is -2.19. The van der Waals surface area contributed by atoms with Gasteiger partial charge in [-0.1, -0.05) is 0 Å². The van der Waals surface area contributed by atoms with Crippen LogP contribution < -0.4 is 5.43 Å². The molecule has 0 saturated carbocycles. The maximum Gasteiger partial charge on any atom is 0.288 e. The van der Waals surface area contributed by atoms with Crippen LogP contribution in [0.15, 0.2) is 5.10 Å². The summed E-state index contributed by atoms with van der Waals surface area (Å²) < 4.78 is 20.0. The number of hydrazone groups is 1. The van der Waals surface area contributed by atoms with Gasteiger partial charge in [-0.15, -0.1) is 0 Å². The van der Waals surface area contributed by atoms with Crippen molar-refractivity contribution in [1.82, 2.24) is 5.43 Å². The van der Waals surface area contributed by atoms with E-state index in [4.69, 9.17) is 0 Å². The Kier molecular flexibility index (Phi) is 1.31. The van der Waals surface area contributed by atoms with Gasteiger partial charge >= 0.3 is 0 Å². The number of hydrogen-bond donors (Lipinski definition) is 1. The molecule has 0 fully saturated rings. The van der Waals surface area contributed by atoms with E-state index in [1.165, 1.54) is 0 Å². The SMILES string of the molecule is O=C1NN=CC1=S(=O)=O. The van der Waals surface area contributed by atoms with Crippen LogP contribution >= 0.6 is 0 Å². The van der Waals surface area contributed by atoms with E-state index in [-0.39, 0.29) is 4.86 Å². The molecule has 1 aliphatic heterocycles. The van der Waals surface area contributed by atoms with Crippen molar-refractivity contribution in [3.63, 3.8) is 0 Å². The van der Waals surface area contributed by atoms with Crippen molar-refractivity contribution in [2.24, 2.45) is 5.10 Å². The van der Waals surface area contributed by atoms with E-state index in [0.29, 0.717) is 0 Å². The Balaban J connectivity index is 3.27. The Morgan fingerprint density at radius 2 is 2.22 bits per heavy atom. The van der Waals surface area contributed by atoms with Crippen LogP contribution in [0.25, 0.3) is 0 Å². The fourth-order valence-corrected chi connectivity index (χ4v) is 0.718. The summed E-state index contributed by atoms with van der Waals surface area (Å²) in [5.74, 6) is -0.677. The number of carbonyl (C=O) groups is 1. The molecule has 48 valence electrons. The minimum Gasteiger partial charge on any atom is -0.266 e. The first-order valence-electron chi connectivity index (χ1n) is 2.01. The molecule has 0 aliphatic carbocycles. The highest BCUT2D eigenvalue weighted by molar-refractivity contribution is 7.76. The van der Waals surface area contributed by atoms with Crippen molar-refractivity contribution >= 4 is 27.3 Å². The van der Waals surface area contributed by atoms with Crippen LogP contribution in [0.2, 0.25) is 0 Å². The van der Waals surface area contributed by atoms with E-state index < -0.39 is 16.2 Å². The first-order chi connectivity index (χ1) is 4.22. The van der Waals surface area contributed by atoms with Crippen LogP contribution in [0.4, 0.5) is 0 Å². The van der Waals surface area contributed by atoms with Crippen molar-refractivity contribution in [2.45, 2.75) is 0 Å². The van der Waals surface area contributed by atoms with Crippen LogP contribution in [0.3, 0.4) is 0 Å². The molecule has 0 bridgehead atoms. The first kappa shape index (κ1) is 5.96. The fourth-order valence-electron chi connectivity index (χ4n) is 0.382. The standard InChI is InChI=1S/C3H2N2O3S/c6-3-2(9(7)8)1-4-5-3/h1H,(H,5,6). The average Bonchev–Trinajstić information content (AvgIpc) is 2.13. The molecule has 9 heavy (non-hydrogen) atoms. The Morgan fingerprint density at radius 1 is 1.56 bits per heavy atom. The lowest BCUT2D eigenvalue weighted by atomic mass is 10.5. The van der Waals surface area contributed by atoms with Crippen molar-refractivity contribution in [3.8, 4) is 0 Å². The number of amides is 1. The molecule has 0 aromatic rings. The van der Waals surface area contributed by atoms with Gasteiger partial charge in [-0.25, -0.2) is 5.43 Å². The van der Waals surface area contributed by atoms with Crippen LogP contribution in [0, 0.1) is 0 Å². The summed E-state index contributed by atoms with van der Waals surface area (Å²) in [4.78, 5) is 10.0. The second-order valence-electron chi connectivity index (χ2n) is 1.30. The van der Waals surface area contributed by atoms with Gasteiger partial charge in [0.2, 0.25) is 10.3 Å². The van der Waals surface area contributed by atoms with Crippen molar-refractivity contribution < 1.29 is 13.2 Å². The summed E-state index contributed by atoms with van der Waals surface area (Å²) in [5.41, 5.74) is 1.95. The zero-order valence-electron chi connectivity index (χ0n) is 4.16. The minimum atomic E-state index is -2.47. The van der Waals surface area contributed by atoms with Gasteiger partial charge in [0.05, 0.1) is 6.21 Å². The normalized spacial score (nSPS) is 16.0. The highest BCUT2D eigenvalue weighted by atomic mass is 32.2. The lowest BCUT2D eigenvalue weighted by Gasteiger charge is -1.78. The molecular weight excluding hydrogens is 144 g/mol. The van der Waals surface area contributed by atoms with Crippen molar-refractivity contribution in [2.75, 3.05) is 0 Å². The number of rotatable bonds is 0. The summed E-state index contributed by atoms with van der Waals surface area (Å²) in [6, 6.07) is 0. The summed E-state index contributed by atoms with van der Waals surface area (Å²) in [7, 11) is -2.47. The molecule has 0 atom stereocenters. The number of carbonyl (C=O) groups excluding carboxylic acids is 1. The van der Waals surface area contributed by atoms with Gasteiger partial charge in [0.1, 0.15) is 0 Å². The molecule has 0 spiro atoms. The van der Waals surface area contributed by atoms with Crippen LogP contribution in [0.5, 0.6) is 0 Å². The Morgan fingerprint density at radius 3 is 2.44 bits per heavy atom. The lowest BCUT2D eigenvalue weighted by molar-refractivity contribution is -0.114. The van der Waals surface area contributed by atoms with Crippen LogP contribution in [0.1, 0.15) is 0 Å². The monoisotopic (exact) mass is 146 g/mol. The zero-order valence-corrected chi connectivity index (χ0v) is 4.97. The molecule has 1 amide bonds. The molecule has 6 heteroatoms. The predicted octanol–water partition coefficient (Wildman–Crippen LogP) is -1.85. The molecule has 1 heterocycles. The van der Waals surface area contributed by atoms with Crippen LogP contribution in [-0.2, 0) is 15.1 Å². The minimum absolute atomic E-state index is 0.324. The van der Waals surface area contributed by atoms with Gasteiger partial charge in [0.25, 0.3) is 5.91 Å². The second-order valence-corrected chi connectivity index (χ2v) is 2.21. The maximum atomic E-state index is 10.3. The molecular formula is C3H2N2O3S. The molecule has 1 rings (SSSR count). The van der Waals surface area contributed by atoms with Gasteiger partial charge in [0.15, 0.2) is 4.86 Å². The number of nitrogens with zero attached hydrogens (tertiary/aromatic N) is 1.